The predicted molar refractivity (Wildman–Crippen MR) is 87.6 cm³/mol. The van der Waals surface area contributed by atoms with Gasteiger partial charge in [-0.15, -0.1) is 0 Å². The Morgan fingerprint density at radius 3 is 2.62 bits per heavy atom. The lowest BCUT2D eigenvalue weighted by Gasteiger charge is -2.12. The monoisotopic (exact) mass is 348 g/mol. The number of halogens is 1. The van der Waals surface area contributed by atoms with Gasteiger partial charge in [-0.3, -0.25) is 0 Å². The Labute approximate surface area is 132 Å². The van der Waals surface area contributed by atoms with Crippen molar-refractivity contribution in [1.29, 1.82) is 0 Å². The van der Waals surface area contributed by atoms with Gasteiger partial charge >= 0.3 is 6.03 Å². The van der Waals surface area contributed by atoms with Gasteiger partial charge in [-0.05, 0) is 30.7 Å². The van der Waals surface area contributed by atoms with E-state index in [1.165, 1.54) is 0 Å². The molecule has 0 saturated heterocycles. The van der Waals surface area contributed by atoms with Gasteiger partial charge < -0.3 is 15.4 Å². The molecular weight excluding hydrogens is 332 g/mol. The van der Waals surface area contributed by atoms with Gasteiger partial charge in [-0.25, -0.2) is 4.79 Å². The van der Waals surface area contributed by atoms with Crippen molar-refractivity contribution < 1.29 is 9.53 Å². The summed E-state index contributed by atoms with van der Waals surface area (Å²) in [7, 11) is 0. The zero-order valence-corrected chi connectivity index (χ0v) is 13.3. The first kappa shape index (κ1) is 15.4. The smallest absolute Gasteiger partial charge is 0.319 e. The second kappa shape index (κ2) is 7.69. The van der Waals surface area contributed by atoms with Crippen LogP contribution >= 0.6 is 15.9 Å². The molecule has 5 heteroatoms. The molecule has 0 aliphatic heterocycles. The number of anilines is 1. The van der Waals surface area contributed by atoms with Crippen LogP contribution in [0.25, 0.3) is 0 Å². The Balaban J connectivity index is 1.95. The number of benzene rings is 2. The van der Waals surface area contributed by atoms with Gasteiger partial charge in [0.1, 0.15) is 5.75 Å². The molecule has 0 aromatic heterocycles. The molecule has 110 valence electrons. The Hall–Kier alpha value is -2.01. The minimum Gasteiger partial charge on any atom is -0.492 e. The molecule has 0 heterocycles. The Morgan fingerprint density at radius 2 is 1.86 bits per heavy atom. The number of carbonyl (C=O) groups excluding carboxylic acids is 1. The van der Waals surface area contributed by atoms with E-state index in [-0.39, 0.29) is 6.03 Å². The Bertz CT molecular complexity index is 617. The van der Waals surface area contributed by atoms with Gasteiger partial charge in [-0.2, -0.15) is 0 Å². The first-order valence-electron chi connectivity index (χ1n) is 6.70. The lowest BCUT2D eigenvalue weighted by molar-refractivity contribution is 0.251. The standard InChI is InChI=1S/C16H17BrN2O2/c1-2-21-15-10-6-5-9-14(15)19-16(20)18-11-12-7-3-4-8-13(12)17/h3-10H,2,11H2,1H3,(H2,18,19,20). The van der Waals surface area contributed by atoms with Crippen LogP contribution in [0.15, 0.2) is 53.0 Å². The lowest BCUT2D eigenvalue weighted by Crippen LogP contribution is -2.28. The van der Waals surface area contributed by atoms with Crippen molar-refractivity contribution >= 4 is 27.6 Å². The second-order valence-electron chi connectivity index (χ2n) is 4.33. The van der Waals surface area contributed by atoms with Crippen molar-refractivity contribution in [2.75, 3.05) is 11.9 Å². The van der Waals surface area contributed by atoms with Crippen LogP contribution in [0.2, 0.25) is 0 Å². The van der Waals surface area contributed by atoms with Gasteiger partial charge in [0, 0.05) is 11.0 Å². The fraction of sp³-hybridized carbons (Fsp3) is 0.188. The highest BCUT2D eigenvalue weighted by atomic mass is 79.9. The van der Waals surface area contributed by atoms with E-state index in [1.54, 1.807) is 0 Å². The van der Waals surface area contributed by atoms with E-state index < -0.39 is 0 Å². The molecule has 2 rings (SSSR count). The fourth-order valence-corrected chi connectivity index (χ4v) is 2.26. The fourth-order valence-electron chi connectivity index (χ4n) is 1.84. The molecule has 21 heavy (non-hydrogen) atoms. The summed E-state index contributed by atoms with van der Waals surface area (Å²) in [6.45, 7) is 2.91. The number of carbonyl (C=O) groups is 1. The quantitative estimate of drug-likeness (QED) is 0.851. The van der Waals surface area contributed by atoms with Gasteiger partial charge in [0.05, 0.1) is 12.3 Å². The number of para-hydroxylation sites is 2. The van der Waals surface area contributed by atoms with E-state index in [1.807, 2.05) is 55.5 Å². The molecule has 2 amide bonds. The Morgan fingerprint density at radius 1 is 1.14 bits per heavy atom. The molecule has 4 nitrogen and oxygen atoms in total. The van der Waals surface area contributed by atoms with Crippen LogP contribution in [0.4, 0.5) is 10.5 Å². The summed E-state index contributed by atoms with van der Waals surface area (Å²) >= 11 is 3.45. The minimum atomic E-state index is -0.266. The number of urea groups is 1. The molecule has 0 fully saturated rings. The molecule has 0 aliphatic rings. The first-order valence-corrected chi connectivity index (χ1v) is 7.50. The predicted octanol–water partition coefficient (Wildman–Crippen LogP) is 4.17. The molecule has 0 radical (unpaired) electrons. The van der Waals surface area contributed by atoms with Crippen LogP contribution < -0.4 is 15.4 Å². The van der Waals surface area contributed by atoms with Gasteiger partial charge in [0.15, 0.2) is 0 Å². The SMILES string of the molecule is CCOc1ccccc1NC(=O)NCc1ccccc1Br. The molecule has 0 bridgehead atoms. The van der Waals surface area contributed by atoms with E-state index in [9.17, 15) is 4.79 Å². The average molecular weight is 349 g/mol. The van der Waals surface area contributed by atoms with Crippen LogP contribution in [-0.2, 0) is 6.54 Å². The zero-order chi connectivity index (χ0) is 15.1. The molecular formula is C16H17BrN2O2. The highest BCUT2D eigenvalue weighted by Crippen LogP contribution is 2.23. The topological polar surface area (TPSA) is 50.4 Å². The lowest BCUT2D eigenvalue weighted by atomic mass is 10.2. The van der Waals surface area contributed by atoms with Gasteiger partial charge in [0.2, 0.25) is 0 Å². The number of hydrogen-bond donors (Lipinski definition) is 2. The molecule has 0 aliphatic carbocycles. The third kappa shape index (κ3) is 4.49. The maximum Gasteiger partial charge on any atom is 0.319 e. The van der Waals surface area contributed by atoms with Crippen molar-refractivity contribution in [2.45, 2.75) is 13.5 Å². The number of amides is 2. The van der Waals surface area contributed by atoms with Gasteiger partial charge in [0.25, 0.3) is 0 Å². The number of hydrogen-bond acceptors (Lipinski definition) is 2. The van der Waals surface area contributed by atoms with E-state index in [0.717, 1.165) is 10.0 Å². The summed E-state index contributed by atoms with van der Waals surface area (Å²) in [5.74, 6) is 0.663. The van der Waals surface area contributed by atoms with E-state index >= 15 is 0 Å². The molecule has 2 aromatic rings. The third-order valence-corrected chi connectivity index (χ3v) is 3.61. The van der Waals surface area contributed by atoms with Crippen molar-refractivity contribution in [3.05, 3.63) is 58.6 Å². The summed E-state index contributed by atoms with van der Waals surface area (Å²) in [5.41, 5.74) is 1.68. The number of nitrogens with one attached hydrogen (secondary N) is 2. The van der Waals surface area contributed by atoms with Gasteiger partial charge in [-0.1, -0.05) is 46.3 Å². The second-order valence-corrected chi connectivity index (χ2v) is 5.18. The summed E-state index contributed by atoms with van der Waals surface area (Å²) < 4.78 is 6.44. The highest BCUT2D eigenvalue weighted by molar-refractivity contribution is 9.10. The minimum absolute atomic E-state index is 0.266. The van der Waals surface area contributed by atoms with E-state index in [2.05, 4.69) is 26.6 Å². The van der Waals surface area contributed by atoms with Crippen LogP contribution in [0.5, 0.6) is 5.75 Å². The number of ether oxygens (including phenoxy) is 1. The van der Waals surface area contributed by atoms with Crippen LogP contribution in [0.3, 0.4) is 0 Å². The van der Waals surface area contributed by atoms with Crippen molar-refractivity contribution in [3.63, 3.8) is 0 Å². The highest BCUT2D eigenvalue weighted by Gasteiger charge is 2.07. The van der Waals surface area contributed by atoms with Crippen molar-refractivity contribution in [1.82, 2.24) is 5.32 Å². The van der Waals surface area contributed by atoms with Crippen LogP contribution in [-0.4, -0.2) is 12.6 Å². The maximum atomic E-state index is 12.0. The molecule has 2 aromatic carbocycles. The normalized spacial score (nSPS) is 10.0. The van der Waals surface area contributed by atoms with Crippen molar-refractivity contribution in [3.8, 4) is 5.75 Å². The summed E-state index contributed by atoms with van der Waals surface area (Å²) in [6, 6.07) is 14.9. The largest absolute Gasteiger partial charge is 0.492 e. The van der Waals surface area contributed by atoms with E-state index in [4.69, 9.17) is 4.74 Å². The van der Waals surface area contributed by atoms with E-state index in [0.29, 0.717) is 24.6 Å². The molecule has 0 spiro atoms. The molecule has 0 unspecified atom stereocenters. The first-order chi connectivity index (χ1) is 10.2. The number of rotatable bonds is 5. The molecule has 0 atom stereocenters. The average Bonchev–Trinajstić information content (AvgIpc) is 2.49. The Kier molecular flexibility index (Phi) is 5.63. The van der Waals surface area contributed by atoms with Crippen LogP contribution in [0.1, 0.15) is 12.5 Å². The maximum absolute atomic E-state index is 12.0. The zero-order valence-electron chi connectivity index (χ0n) is 11.7. The third-order valence-electron chi connectivity index (χ3n) is 2.83. The summed E-state index contributed by atoms with van der Waals surface area (Å²) in [6.07, 6.45) is 0. The molecule has 2 N–H and O–H groups in total. The van der Waals surface area contributed by atoms with Crippen LogP contribution in [0, 0.1) is 0 Å². The summed E-state index contributed by atoms with van der Waals surface area (Å²) in [4.78, 5) is 12.0. The summed E-state index contributed by atoms with van der Waals surface area (Å²) in [5, 5.41) is 5.62. The molecule has 0 saturated carbocycles. The van der Waals surface area contributed by atoms with Crippen molar-refractivity contribution in [2.24, 2.45) is 0 Å².